The lowest BCUT2D eigenvalue weighted by Gasteiger charge is -2.37. The average Bonchev–Trinajstić information content (AvgIpc) is 2.46. The molecule has 1 saturated carbocycles. The Labute approximate surface area is 117 Å². The molecule has 1 aromatic rings. The van der Waals surface area contributed by atoms with E-state index in [-0.39, 0.29) is 5.54 Å². The lowest BCUT2D eigenvalue weighted by atomic mass is 9.91. The van der Waals surface area contributed by atoms with Crippen molar-refractivity contribution in [3.63, 3.8) is 0 Å². The number of rotatable bonds is 4. The zero-order valence-corrected chi connectivity index (χ0v) is 13.2. The van der Waals surface area contributed by atoms with E-state index in [1.807, 2.05) is 4.68 Å². The van der Waals surface area contributed by atoms with Gasteiger partial charge in [0, 0.05) is 37.8 Å². The van der Waals surface area contributed by atoms with Gasteiger partial charge in [0.1, 0.15) is 5.82 Å². The van der Waals surface area contributed by atoms with E-state index in [0.717, 1.165) is 12.2 Å². The monoisotopic (exact) mass is 264 g/mol. The van der Waals surface area contributed by atoms with Crippen LogP contribution in [-0.2, 0) is 13.6 Å². The predicted molar refractivity (Wildman–Crippen MR) is 80.6 cm³/mol. The summed E-state index contributed by atoms with van der Waals surface area (Å²) in [5.74, 6) is 1.28. The Morgan fingerprint density at radius 2 is 2.00 bits per heavy atom. The summed E-state index contributed by atoms with van der Waals surface area (Å²) in [5.41, 5.74) is 2.61. The summed E-state index contributed by atoms with van der Waals surface area (Å²) in [6, 6.07) is 0.697. The standard InChI is InChI=1S/C15H28N4/c1-11-13(10-16-15(2,3)4)14(19(6)17-11)18(5)12-8-7-9-12/h12,16H,7-10H2,1-6H3. The smallest absolute Gasteiger partial charge is 0.131 e. The summed E-state index contributed by atoms with van der Waals surface area (Å²) in [6.07, 6.45) is 3.99. The molecule has 4 nitrogen and oxygen atoms in total. The van der Waals surface area contributed by atoms with Gasteiger partial charge in [0.25, 0.3) is 0 Å². The van der Waals surface area contributed by atoms with Crippen molar-refractivity contribution in [2.45, 2.75) is 65.1 Å². The van der Waals surface area contributed by atoms with Crippen molar-refractivity contribution in [2.75, 3.05) is 11.9 Å². The van der Waals surface area contributed by atoms with Gasteiger partial charge >= 0.3 is 0 Å². The van der Waals surface area contributed by atoms with Gasteiger partial charge in [0.05, 0.1) is 5.69 Å². The first-order chi connectivity index (χ1) is 8.79. The number of aryl methyl sites for hydroxylation is 2. The van der Waals surface area contributed by atoms with E-state index in [2.05, 4.69) is 57.1 Å². The molecule has 1 aromatic heterocycles. The van der Waals surface area contributed by atoms with E-state index < -0.39 is 0 Å². The molecule has 1 N–H and O–H groups in total. The van der Waals surface area contributed by atoms with Crippen LogP contribution in [0, 0.1) is 6.92 Å². The minimum atomic E-state index is 0.134. The quantitative estimate of drug-likeness (QED) is 0.907. The summed E-state index contributed by atoms with van der Waals surface area (Å²) in [6.45, 7) is 9.60. The lowest BCUT2D eigenvalue weighted by Crippen LogP contribution is -2.40. The van der Waals surface area contributed by atoms with Crippen LogP contribution in [-0.4, -0.2) is 28.4 Å². The van der Waals surface area contributed by atoms with Crippen LogP contribution in [0.1, 0.15) is 51.3 Å². The Balaban J connectivity index is 2.21. The van der Waals surface area contributed by atoms with E-state index in [0.29, 0.717) is 6.04 Å². The molecule has 0 unspecified atom stereocenters. The van der Waals surface area contributed by atoms with E-state index >= 15 is 0 Å². The third-order valence-electron chi connectivity index (χ3n) is 4.07. The van der Waals surface area contributed by atoms with Crippen molar-refractivity contribution in [1.29, 1.82) is 0 Å². The fourth-order valence-electron chi connectivity index (χ4n) is 2.64. The van der Waals surface area contributed by atoms with Crippen molar-refractivity contribution in [3.8, 4) is 0 Å². The van der Waals surface area contributed by atoms with Crippen molar-refractivity contribution in [3.05, 3.63) is 11.3 Å². The zero-order chi connectivity index (χ0) is 14.2. The first-order valence-corrected chi connectivity index (χ1v) is 7.30. The summed E-state index contributed by atoms with van der Waals surface area (Å²) < 4.78 is 2.04. The van der Waals surface area contributed by atoms with Crippen molar-refractivity contribution in [1.82, 2.24) is 15.1 Å². The second kappa shape index (κ2) is 5.16. The number of nitrogens with one attached hydrogen (secondary N) is 1. The van der Waals surface area contributed by atoms with Gasteiger partial charge in [-0.15, -0.1) is 0 Å². The van der Waals surface area contributed by atoms with Gasteiger partial charge in [-0.3, -0.25) is 4.68 Å². The third-order valence-corrected chi connectivity index (χ3v) is 4.07. The first-order valence-electron chi connectivity index (χ1n) is 7.30. The molecule has 0 aromatic carbocycles. The first kappa shape index (κ1) is 14.4. The largest absolute Gasteiger partial charge is 0.357 e. The summed E-state index contributed by atoms with van der Waals surface area (Å²) in [5, 5.41) is 8.19. The topological polar surface area (TPSA) is 33.1 Å². The number of hydrogen-bond acceptors (Lipinski definition) is 3. The molecule has 1 heterocycles. The second-order valence-corrected chi connectivity index (χ2v) is 6.81. The molecule has 4 heteroatoms. The SMILES string of the molecule is Cc1nn(C)c(N(C)C2CCC2)c1CNC(C)(C)C. The maximum atomic E-state index is 4.61. The molecule has 108 valence electrons. The van der Waals surface area contributed by atoms with Crippen molar-refractivity contribution in [2.24, 2.45) is 7.05 Å². The van der Waals surface area contributed by atoms with Gasteiger partial charge in [-0.1, -0.05) is 0 Å². The Kier molecular flexibility index (Phi) is 3.90. The van der Waals surface area contributed by atoms with E-state index in [1.54, 1.807) is 0 Å². The Morgan fingerprint density at radius 1 is 1.37 bits per heavy atom. The molecule has 1 aliphatic rings. The van der Waals surface area contributed by atoms with Crippen LogP contribution >= 0.6 is 0 Å². The molecule has 0 aliphatic heterocycles. The maximum Gasteiger partial charge on any atom is 0.131 e. The molecule has 0 saturated heterocycles. The molecule has 1 aliphatic carbocycles. The average molecular weight is 264 g/mol. The minimum Gasteiger partial charge on any atom is -0.357 e. The van der Waals surface area contributed by atoms with Crippen LogP contribution < -0.4 is 10.2 Å². The van der Waals surface area contributed by atoms with Gasteiger partial charge in [0.2, 0.25) is 0 Å². The molecule has 0 radical (unpaired) electrons. The van der Waals surface area contributed by atoms with E-state index in [9.17, 15) is 0 Å². The Hall–Kier alpha value is -1.03. The number of hydrogen-bond donors (Lipinski definition) is 1. The molecule has 2 rings (SSSR count). The van der Waals surface area contributed by atoms with Gasteiger partial charge < -0.3 is 10.2 Å². The fraction of sp³-hybridized carbons (Fsp3) is 0.800. The second-order valence-electron chi connectivity index (χ2n) is 6.81. The van der Waals surface area contributed by atoms with Crippen molar-refractivity contribution < 1.29 is 0 Å². The van der Waals surface area contributed by atoms with Crippen LogP contribution in [0.4, 0.5) is 5.82 Å². The summed E-state index contributed by atoms with van der Waals surface area (Å²) in [7, 11) is 4.26. The van der Waals surface area contributed by atoms with Gasteiger partial charge in [0.15, 0.2) is 0 Å². The predicted octanol–water partition coefficient (Wildman–Crippen LogP) is 2.61. The Morgan fingerprint density at radius 3 is 2.47 bits per heavy atom. The highest BCUT2D eigenvalue weighted by molar-refractivity contribution is 5.50. The van der Waals surface area contributed by atoms with Crippen LogP contribution in [0.15, 0.2) is 0 Å². The van der Waals surface area contributed by atoms with Crippen LogP contribution in [0.25, 0.3) is 0 Å². The molecule has 0 bridgehead atoms. The zero-order valence-electron chi connectivity index (χ0n) is 13.2. The van der Waals surface area contributed by atoms with Crippen molar-refractivity contribution >= 4 is 5.82 Å². The van der Waals surface area contributed by atoms with Gasteiger partial charge in [-0.05, 0) is 47.0 Å². The third kappa shape index (κ3) is 3.11. The molecular weight excluding hydrogens is 236 g/mol. The van der Waals surface area contributed by atoms with Crippen LogP contribution in [0.3, 0.4) is 0 Å². The minimum absolute atomic E-state index is 0.134. The summed E-state index contributed by atoms with van der Waals surface area (Å²) in [4.78, 5) is 2.42. The lowest BCUT2D eigenvalue weighted by molar-refractivity contribution is 0.393. The van der Waals surface area contributed by atoms with Gasteiger partial charge in [-0.2, -0.15) is 5.10 Å². The van der Waals surface area contributed by atoms with Crippen LogP contribution in [0.2, 0.25) is 0 Å². The fourth-order valence-corrected chi connectivity index (χ4v) is 2.64. The molecule has 0 amide bonds. The highest BCUT2D eigenvalue weighted by atomic mass is 15.4. The highest BCUT2D eigenvalue weighted by Crippen LogP contribution is 2.31. The molecule has 1 fully saturated rings. The maximum absolute atomic E-state index is 4.61. The van der Waals surface area contributed by atoms with Crippen LogP contribution in [0.5, 0.6) is 0 Å². The highest BCUT2D eigenvalue weighted by Gasteiger charge is 2.27. The normalized spacial score (nSPS) is 16.5. The number of nitrogens with zero attached hydrogens (tertiary/aromatic N) is 3. The molecule has 0 spiro atoms. The Bertz CT molecular complexity index is 438. The molecule has 0 atom stereocenters. The number of aromatic nitrogens is 2. The number of anilines is 1. The van der Waals surface area contributed by atoms with Gasteiger partial charge in [-0.25, -0.2) is 0 Å². The van der Waals surface area contributed by atoms with E-state index in [1.165, 1.54) is 30.6 Å². The van der Waals surface area contributed by atoms with E-state index in [4.69, 9.17) is 0 Å². The molecular formula is C15H28N4. The summed E-state index contributed by atoms with van der Waals surface area (Å²) >= 11 is 0. The molecule has 19 heavy (non-hydrogen) atoms.